The molecule has 0 bridgehead atoms. The Hall–Kier alpha value is -1.47. The first-order valence-electron chi connectivity index (χ1n) is 7.66. The third-order valence-electron chi connectivity index (χ3n) is 4.02. The van der Waals surface area contributed by atoms with Crippen LogP contribution in [-0.4, -0.2) is 43.3 Å². The third kappa shape index (κ3) is 3.26. The number of methoxy groups -OCH3 is 1. The van der Waals surface area contributed by atoms with Gasteiger partial charge >= 0.3 is 0 Å². The number of carbonyl (C=O) groups excluding carboxylic acids is 1. The summed E-state index contributed by atoms with van der Waals surface area (Å²) in [7, 11) is 1.61. The number of ketones is 1. The molecule has 0 saturated carbocycles. The van der Waals surface area contributed by atoms with Crippen LogP contribution in [0, 0.1) is 0 Å². The van der Waals surface area contributed by atoms with Crippen LogP contribution in [0.4, 0.5) is 0 Å². The Balaban J connectivity index is 1.74. The van der Waals surface area contributed by atoms with E-state index in [-0.39, 0.29) is 5.78 Å². The van der Waals surface area contributed by atoms with Crippen LogP contribution in [0.2, 0.25) is 0 Å². The van der Waals surface area contributed by atoms with E-state index in [1.165, 1.54) is 6.92 Å². The van der Waals surface area contributed by atoms with E-state index < -0.39 is 30.4 Å². The maximum Gasteiger partial charge on any atom is 0.190 e. The van der Waals surface area contributed by atoms with E-state index >= 15 is 0 Å². The van der Waals surface area contributed by atoms with E-state index in [9.17, 15) is 4.79 Å². The van der Waals surface area contributed by atoms with E-state index in [2.05, 4.69) is 0 Å². The summed E-state index contributed by atoms with van der Waals surface area (Å²) in [6, 6.07) is 7.60. The van der Waals surface area contributed by atoms with Gasteiger partial charge in [0.25, 0.3) is 0 Å². The van der Waals surface area contributed by atoms with Crippen molar-refractivity contribution in [2.24, 2.45) is 0 Å². The molecule has 0 N–H and O–H groups in total. The summed E-state index contributed by atoms with van der Waals surface area (Å²) in [4.78, 5) is 11.8. The fraction of sp³-hybridized carbons (Fsp3) is 0.588. The lowest BCUT2D eigenvalue weighted by atomic mass is 10.1. The molecule has 3 rings (SSSR count). The van der Waals surface area contributed by atoms with Crippen LogP contribution in [0.15, 0.2) is 24.3 Å². The number of para-hydroxylation sites is 1. The summed E-state index contributed by atoms with van der Waals surface area (Å²) in [5.74, 6) is -0.107. The molecule has 2 saturated heterocycles. The average molecular weight is 322 g/mol. The highest BCUT2D eigenvalue weighted by atomic mass is 16.8. The summed E-state index contributed by atoms with van der Waals surface area (Å²) in [5, 5.41) is 0. The first-order valence-corrected chi connectivity index (χ1v) is 7.66. The van der Waals surface area contributed by atoms with Gasteiger partial charge in [0.15, 0.2) is 17.9 Å². The van der Waals surface area contributed by atoms with Crippen molar-refractivity contribution in [2.75, 3.05) is 7.11 Å². The number of fused-ring (bicyclic) bond motifs is 1. The molecule has 2 fully saturated rings. The molecular weight excluding hydrogens is 300 g/mol. The van der Waals surface area contributed by atoms with Gasteiger partial charge in [0.1, 0.15) is 24.1 Å². The quantitative estimate of drug-likeness (QED) is 0.827. The molecule has 4 atom stereocenters. The fourth-order valence-corrected chi connectivity index (χ4v) is 3.00. The van der Waals surface area contributed by atoms with Gasteiger partial charge in [-0.1, -0.05) is 18.2 Å². The second kappa shape index (κ2) is 6.20. The molecule has 2 aliphatic heterocycles. The van der Waals surface area contributed by atoms with Gasteiger partial charge in [-0.05, 0) is 26.8 Å². The molecular formula is C17H22O6. The van der Waals surface area contributed by atoms with Crippen molar-refractivity contribution < 1.29 is 28.5 Å². The minimum Gasteiger partial charge on any atom is -0.496 e. The van der Waals surface area contributed by atoms with Crippen LogP contribution in [0.3, 0.4) is 0 Å². The van der Waals surface area contributed by atoms with Crippen molar-refractivity contribution >= 4 is 5.78 Å². The highest BCUT2D eigenvalue weighted by molar-refractivity contribution is 5.81. The van der Waals surface area contributed by atoms with E-state index in [0.29, 0.717) is 6.61 Å². The van der Waals surface area contributed by atoms with Crippen LogP contribution < -0.4 is 4.74 Å². The van der Waals surface area contributed by atoms with Gasteiger partial charge < -0.3 is 23.7 Å². The highest BCUT2D eigenvalue weighted by Crippen LogP contribution is 2.39. The second-order valence-electron chi connectivity index (χ2n) is 6.22. The molecule has 23 heavy (non-hydrogen) atoms. The number of hydrogen-bond donors (Lipinski definition) is 0. The smallest absolute Gasteiger partial charge is 0.190 e. The van der Waals surface area contributed by atoms with Crippen molar-refractivity contribution in [2.45, 2.75) is 57.8 Å². The number of hydrogen-bond acceptors (Lipinski definition) is 6. The lowest BCUT2D eigenvalue weighted by Gasteiger charge is -2.25. The van der Waals surface area contributed by atoms with Crippen LogP contribution in [-0.2, 0) is 30.3 Å². The van der Waals surface area contributed by atoms with E-state index in [4.69, 9.17) is 23.7 Å². The van der Waals surface area contributed by atoms with Crippen molar-refractivity contribution in [3.05, 3.63) is 29.8 Å². The molecule has 0 aromatic heterocycles. The highest BCUT2D eigenvalue weighted by Gasteiger charge is 2.56. The summed E-state index contributed by atoms with van der Waals surface area (Å²) in [6.45, 7) is 5.41. The van der Waals surface area contributed by atoms with Gasteiger partial charge in [-0.2, -0.15) is 0 Å². The number of ether oxygens (including phenoxy) is 5. The van der Waals surface area contributed by atoms with Crippen LogP contribution in [0.1, 0.15) is 26.3 Å². The van der Waals surface area contributed by atoms with Gasteiger partial charge in [-0.15, -0.1) is 0 Å². The Morgan fingerprint density at radius 2 is 2.00 bits per heavy atom. The van der Waals surface area contributed by atoms with Crippen molar-refractivity contribution in [1.82, 2.24) is 0 Å². The minimum absolute atomic E-state index is 0.102. The third-order valence-corrected chi connectivity index (χ3v) is 4.02. The molecule has 1 aromatic rings. The maximum atomic E-state index is 11.8. The summed E-state index contributed by atoms with van der Waals surface area (Å²) < 4.78 is 28.5. The van der Waals surface area contributed by atoms with Crippen LogP contribution in [0.25, 0.3) is 0 Å². The zero-order valence-corrected chi connectivity index (χ0v) is 13.8. The average Bonchev–Trinajstić information content (AvgIpc) is 2.97. The van der Waals surface area contributed by atoms with E-state index in [1.54, 1.807) is 7.11 Å². The molecule has 0 radical (unpaired) electrons. The number of Topliss-reactive ketones (excluding diaryl/α,β-unsaturated/α-hetero) is 1. The lowest BCUT2D eigenvalue weighted by Crippen LogP contribution is -2.39. The molecule has 0 aliphatic carbocycles. The summed E-state index contributed by atoms with van der Waals surface area (Å²) in [5.41, 5.74) is 0.902. The Morgan fingerprint density at radius 1 is 1.26 bits per heavy atom. The molecule has 1 aromatic carbocycles. The van der Waals surface area contributed by atoms with Gasteiger partial charge in [0.05, 0.1) is 13.7 Å². The lowest BCUT2D eigenvalue weighted by molar-refractivity contribution is -0.218. The molecule has 6 heteroatoms. The Bertz CT molecular complexity index is 584. The van der Waals surface area contributed by atoms with Gasteiger partial charge in [-0.25, -0.2) is 0 Å². The van der Waals surface area contributed by atoms with Gasteiger partial charge in [-0.3, -0.25) is 4.79 Å². The number of rotatable bonds is 5. The molecule has 0 unspecified atom stereocenters. The first kappa shape index (κ1) is 16.4. The van der Waals surface area contributed by atoms with Crippen LogP contribution >= 0.6 is 0 Å². The number of benzene rings is 1. The van der Waals surface area contributed by atoms with Crippen molar-refractivity contribution in [3.63, 3.8) is 0 Å². The Labute approximate surface area is 135 Å². The molecule has 0 spiro atoms. The van der Waals surface area contributed by atoms with Crippen molar-refractivity contribution in [1.29, 1.82) is 0 Å². The topological polar surface area (TPSA) is 63.2 Å². The van der Waals surface area contributed by atoms with Gasteiger partial charge in [0, 0.05) is 5.56 Å². The normalized spacial score (nSPS) is 31.8. The number of carbonyl (C=O) groups is 1. The Kier molecular flexibility index (Phi) is 4.42. The largest absolute Gasteiger partial charge is 0.496 e. The second-order valence-corrected chi connectivity index (χ2v) is 6.22. The monoisotopic (exact) mass is 322 g/mol. The van der Waals surface area contributed by atoms with Gasteiger partial charge in [0.2, 0.25) is 0 Å². The molecule has 0 amide bonds. The molecule has 6 nitrogen and oxygen atoms in total. The summed E-state index contributed by atoms with van der Waals surface area (Å²) in [6.07, 6.45) is -2.20. The van der Waals surface area contributed by atoms with E-state index in [1.807, 2.05) is 38.1 Å². The first-order chi connectivity index (χ1) is 10.9. The predicted molar refractivity (Wildman–Crippen MR) is 81.0 cm³/mol. The summed E-state index contributed by atoms with van der Waals surface area (Å²) >= 11 is 0. The Morgan fingerprint density at radius 3 is 2.70 bits per heavy atom. The molecule has 126 valence electrons. The maximum absolute atomic E-state index is 11.8. The zero-order chi connectivity index (χ0) is 16.6. The SMILES string of the molecule is COc1ccccc1CO[C@@H]1[C@H]2OC(C)(C)O[C@H]2O[C@@H]1C(C)=O. The van der Waals surface area contributed by atoms with Crippen molar-refractivity contribution in [3.8, 4) is 5.75 Å². The zero-order valence-electron chi connectivity index (χ0n) is 13.8. The molecule has 2 aliphatic rings. The minimum atomic E-state index is -0.747. The standard InChI is InChI=1S/C17H22O6/c1-10(18)13-14(15-16(21-13)23-17(2,3)22-15)20-9-11-7-5-6-8-12(11)19-4/h5-8,13-16H,9H2,1-4H3/t13-,14+,15-,16-/m1/s1. The predicted octanol–water partition coefficient (Wildman–Crippen LogP) is 2.05. The fourth-order valence-electron chi connectivity index (χ4n) is 3.00. The van der Waals surface area contributed by atoms with E-state index in [0.717, 1.165) is 11.3 Å². The molecule has 2 heterocycles. The van der Waals surface area contributed by atoms with Crippen LogP contribution in [0.5, 0.6) is 5.75 Å².